The third kappa shape index (κ3) is 5.13. The first-order chi connectivity index (χ1) is 10.7. The third-order valence-corrected chi connectivity index (χ3v) is 3.11. The zero-order valence-electron chi connectivity index (χ0n) is 13.0. The van der Waals surface area contributed by atoms with Gasteiger partial charge in [-0.25, -0.2) is 0 Å². The molecule has 0 heterocycles. The van der Waals surface area contributed by atoms with Crippen molar-refractivity contribution in [2.24, 2.45) is 0 Å². The molecule has 0 saturated carbocycles. The van der Waals surface area contributed by atoms with E-state index in [1.165, 1.54) is 5.56 Å². The van der Waals surface area contributed by atoms with Gasteiger partial charge in [-0.05, 0) is 43.7 Å². The van der Waals surface area contributed by atoms with Gasteiger partial charge in [0.05, 0.1) is 6.61 Å². The van der Waals surface area contributed by atoms with Gasteiger partial charge in [-0.15, -0.1) is 0 Å². The minimum atomic E-state index is -0.144. The van der Waals surface area contributed by atoms with Gasteiger partial charge in [0.1, 0.15) is 11.5 Å². The Hall–Kier alpha value is -2.49. The Morgan fingerprint density at radius 2 is 1.55 bits per heavy atom. The van der Waals surface area contributed by atoms with Crippen LogP contribution in [0.1, 0.15) is 18.1 Å². The van der Waals surface area contributed by atoms with Crippen LogP contribution in [0.5, 0.6) is 11.5 Å². The summed E-state index contributed by atoms with van der Waals surface area (Å²) in [5, 5.41) is 2.83. The molecule has 0 aliphatic carbocycles. The molecule has 2 aromatic carbocycles. The SMILES string of the molecule is CCOc1ccc(OCC(=O)NCc2ccc(C)cc2)cc1. The molecule has 0 bridgehead atoms. The first-order valence-electron chi connectivity index (χ1n) is 7.35. The number of hydrogen-bond donors (Lipinski definition) is 1. The molecule has 0 saturated heterocycles. The van der Waals surface area contributed by atoms with E-state index >= 15 is 0 Å². The highest BCUT2D eigenvalue weighted by atomic mass is 16.5. The van der Waals surface area contributed by atoms with E-state index in [2.05, 4.69) is 5.32 Å². The summed E-state index contributed by atoms with van der Waals surface area (Å²) in [6.07, 6.45) is 0. The van der Waals surface area contributed by atoms with Gasteiger partial charge in [0.25, 0.3) is 5.91 Å². The maximum atomic E-state index is 11.8. The van der Waals surface area contributed by atoms with Crippen molar-refractivity contribution >= 4 is 5.91 Å². The topological polar surface area (TPSA) is 47.6 Å². The van der Waals surface area contributed by atoms with E-state index in [1.807, 2.05) is 50.2 Å². The molecular weight excluding hydrogens is 278 g/mol. The van der Waals surface area contributed by atoms with Crippen molar-refractivity contribution in [3.63, 3.8) is 0 Å². The quantitative estimate of drug-likeness (QED) is 0.854. The second-order valence-corrected chi connectivity index (χ2v) is 4.96. The lowest BCUT2D eigenvalue weighted by Crippen LogP contribution is -2.28. The summed E-state index contributed by atoms with van der Waals surface area (Å²) in [5.41, 5.74) is 2.27. The molecule has 0 aliphatic rings. The number of nitrogens with one attached hydrogen (secondary N) is 1. The van der Waals surface area contributed by atoms with Crippen LogP contribution in [0.2, 0.25) is 0 Å². The largest absolute Gasteiger partial charge is 0.494 e. The predicted molar refractivity (Wildman–Crippen MR) is 86.1 cm³/mol. The lowest BCUT2D eigenvalue weighted by Gasteiger charge is -2.09. The fourth-order valence-corrected chi connectivity index (χ4v) is 1.91. The van der Waals surface area contributed by atoms with Crippen LogP contribution in [0.15, 0.2) is 48.5 Å². The molecule has 22 heavy (non-hydrogen) atoms. The summed E-state index contributed by atoms with van der Waals surface area (Å²) >= 11 is 0. The summed E-state index contributed by atoms with van der Waals surface area (Å²) in [5.74, 6) is 1.29. The fourth-order valence-electron chi connectivity index (χ4n) is 1.91. The summed E-state index contributed by atoms with van der Waals surface area (Å²) in [6, 6.07) is 15.3. The van der Waals surface area contributed by atoms with E-state index in [0.717, 1.165) is 11.3 Å². The molecule has 0 atom stereocenters. The van der Waals surface area contributed by atoms with E-state index in [4.69, 9.17) is 9.47 Å². The summed E-state index contributed by atoms with van der Waals surface area (Å²) in [4.78, 5) is 11.8. The van der Waals surface area contributed by atoms with E-state index in [9.17, 15) is 4.79 Å². The fraction of sp³-hybridized carbons (Fsp3) is 0.278. The average Bonchev–Trinajstić information content (AvgIpc) is 2.54. The number of amides is 1. The monoisotopic (exact) mass is 299 g/mol. The smallest absolute Gasteiger partial charge is 0.258 e. The molecule has 4 heteroatoms. The van der Waals surface area contributed by atoms with Crippen molar-refractivity contribution in [2.75, 3.05) is 13.2 Å². The lowest BCUT2D eigenvalue weighted by atomic mass is 10.1. The first kappa shape index (κ1) is 15.9. The van der Waals surface area contributed by atoms with Crippen LogP contribution in [0.3, 0.4) is 0 Å². The zero-order valence-corrected chi connectivity index (χ0v) is 13.0. The molecule has 0 aromatic heterocycles. The zero-order chi connectivity index (χ0) is 15.8. The van der Waals surface area contributed by atoms with Gasteiger partial charge in [-0.2, -0.15) is 0 Å². The highest BCUT2D eigenvalue weighted by Gasteiger charge is 2.03. The lowest BCUT2D eigenvalue weighted by molar-refractivity contribution is -0.123. The molecular formula is C18H21NO3. The molecule has 1 amide bonds. The molecule has 0 fully saturated rings. The summed E-state index contributed by atoms with van der Waals surface area (Å²) < 4.78 is 10.8. The highest BCUT2D eigenvalue weighted by Crippen LogP contribution is 2.17. The minimum Gasteiger partial charge on any atom is -0.494 e. The Labute approximate surface area is 131 Å². The molecule has 4 nitrogen and oxygen atoms in total. The summed E-state index contributed by atoms with van der Waals surface area (Å²) in [6.45, 7) is 5.10. The molecule has 1 N–H and O–H groups in total. The molecule has 0 radical (unpaired) electrons. The van der Waals surface area contributed by atoms with Crippen molar-refractivity contribution in [3.8, 4) is 11.5 Å². The van der Waals surface area contributed by atoms with Gasteiger partial charge in [0, 0.05) is 6.54 Å². The summed E-state index contributed by atoms with van der Waals surface area (Å²) in [7, 11) is 0. The van der Waals surface area contributed by atoms with Gasteiger partial charge in [-0.3, -0.25) is 4.79 Å². The molecule has 0 unspecified atom stereocenters. The van der Waals surface area contributed by atoms with E-state index in [0.29, 0.717) is 18.9 Å². The van der Waals surface area contributed by atoms with Crippen LogP contribution in [0.25, 0.3) is 0 Å². The highest BCUT2D eigenvalue weighted by molar-refractivity contribution is 5.77. The molecule has 2 rings (SSSR count). The van der Waals surface area contributed by atoms with Crippen molar-refractivity contribution in [1.29, 1.82) is 0 Å². The Kier molecular flexibility index (Phi) is 5.83. The number of benzene rings is 2. The van der Waals surface area contributed by atoms with Crippen LogP contribution in [-0.2, 0) is 11.3 Å². The van der Waals surface area contributed by atoms with Crippen molar-refractivity contribution in [2.45, 2.75) is 20.4 Å². The molecule has 2 aromatic rings. The van der Waals surface area contributed by atoms with Gasteiger partial charge in [-0.1, -0.05) is 29.8 Å². The number of ether oxygens (including phenoxy) is 2. The second kappa shape index (κ2) is 8.08. The normalized spacial score (nSPS) is 10.1. The minimum absolute atomic E-state index is 0.000156. The number of aryl methyl sites for hydroxylation is 1. The maximum Gasteiger partial charge on any atom is 0.258 e. The number of hydrogen-bond acceptors (Lipinski definition) is 3. The van der Waals surface area contributed by atoms with Crippen molar-refractivity contribution < 1.29 is 14.3 Å². The van der Waals surface area contributed by atoms with Crippen LogP contribution in [-0.4, -0.2) is 19.1 Å². The van der Waals surface area contributed by atoms with Gasteiger partial charge < -0.3 is 14.8 Å². The van der Waals surface area contributed by atoms with E-state index in [-0.39, 0.29) is 12.5 Å². The predicted octanol–water partition coefficient (Wildman–Crippen LogP) is 3.09. The van der Waals surface area contributed by atoms with Crippen LogP contribution < -0.4 is 14.8 Å². The first-order valence-corrected chi connectivity index (χ1v) is 7.35. The Morgan fingerprint density at radius 3 is 2.14 bits per heavy atom. The standard InChI is InChI=1S/C18H21NO3/c1-3-21-16-8-10-17(11-9-16)22-13-18(20)19-12-15-6-4-14(2)5-7-15/h4-11H,3,12-13H2,1-2H3,(H,19,20). The van der Waals surface area contributed by atoms with E-state index in [1.54, 1.807) is 12.1 Å². The van der Waals surface area contributed by atoms with Crippen molar-refractivity contribution in [1.82, 2.24) is 5.32 Å². The van der Waals surface area contributed by atoms with Crippen LogP contribution in [0.4, 0.5) is 0 Å². The Morgan fingerprint density at radius 1 is 0.955 bits per heavy atom. The Balaban J connectivity index is 1.74. The van der Waals surface area contributed by atoms with Gasteiger partial charge in [0.2, 0.25) is 0 Å². The van der Waals surface area contributed by atoms with Crippen LogP contribution >= 0.6 is 0 Å². The van der Waals surface area contributed by atoms with Crippen molar-refractivity contribution in [3.05, 3.63) is 59.7 Å². The van der Waals surface area contributed by atoms with Crippen LogP contribution in [0, 0.1) is 6.92 Å². The number of carbonyl (C=O) groups is 1. The average molecular weight is 299 g/mol. The molecule has 0 aliphatic heterocycles. The molecule has 116 valence electrons. The maximum absolute atomic E-state index is 11.8. The number of rotatable bonds is 7. The third-order valence-electron chi connectivity index (χ3n) is 3.11. The van der Waals surface area contributed by atoms with Gasteiger partial charge >= 0.3 is 0 Å². The van der Waals surface area contributed by atoms with E-state index < -0.39 is 0 Å². The molecule has 0 spiro atoms. The second-order valence-electron chi connectivity index (χ2n) is 4.96. The van der Waals surface area contributed by atoms with Gasteiger partial charge in [0.15, 0.2) is 6.61 Å². The Bertz CT molecular complexity index is 591. The number of carbonyl (C=O) groups excluding carboxylic acids is 1.